The summed E-state index contributed by atoms with van der Waals surface area (Å²) in [6, 6.07) is 10.1. The molecule has 1 aromatic carbocycles. The van der Waals surface area contributed by atoms with E-state index in [1.54, 1.807) is 5.56 Å². The summed E-state index contributed by atoms with van der Waals surface area (Å²) in [6.07, 6.45) is 3.84. The molecule has 2 nitrogen and oxygen atoms in total. The molecular formula is C16H26N2. The molecule has 2 rings (SSSR count). The van der Waals surface area contributed by atoms with Crippen LogP contribution in [0.3, 0.4) is 0 Å². The Morgan fingerprint density at radius 2 is 2.11 bits per heavy atom. The normalized spacial score (nSPS) is 19.3. The van der Waals surface area contributed by atoms with Gasteiger partial charge in [-0.15, -0.1) is 0 Å². The fourth-order valence-electron chi connectivity index (χ4n) is 2.64. The summed E-state index contributed by atoms with van der Waals surface area (Å²) in [5.41, 5.74) is 3.06. The van der Waals surface area contributed by atoms with E-state index in [9.17, 15) is 0 Å². The van der Waals surface area contributed by atoms with Crippen LogP contribution in [0.1, 0.15) is 43.9 Å². The van der Waals surface area contributed by atoms with E-state index in [4.69, 9.17) is 0 Å². The van der Waals surface area contributed by atoms with E-state index >= 15 is 0 Å². The highest BCUT2D eigenvalue weighted by atomic mass is 15.1. The maximum atomic E-state index is 3.72. The molecule has 1 aliphatic rings. The van der Waals surface area contributed by atoms with Crippen molar-refractivity contribution in [3.8, 4) is 0 Å². The summed E-state index contributed by atoms with van der Waals surface area (Å²) >= 11 is 0. The number of hydrogen-bond donors (Lipinski definition) is 1. The number of hydrogen-bond acceptors (Lipinski definition) is 2. The van der Waals surface area contributed by atoms with Gasteiger partial charge < -0.3 is 10.2 Å². The number of likely N-dealkylation sites (N-methyl/N-ethyl adjacent to an activating group) is 1. The number of rotatable bonds is 5. The number of fused-ring (bicyclic) bond motifs is 1. The minimum atomic E-state index is 0.565. The van der Waals surface area contributed by atoms with Crippen molar-refractivity contribution in [2.75, 3.05) is 20.1 Å². The molecule has 1 atom stereocenters. The molecule has 0 heterocycles. The van der Waals surface area contributed by atoms with Crippen LogP contribution in [0, 0.1) is 0 Å². The molecule has 100 valence electrons. The maximum absolute atomic E-state index is 3.72. The first kappa shape index (κ1) is 13.6. The van der Waals surface area contributed by atoms with Crippen LogP contribution in [0.5, 0.6) is 0 Å². The van der Waals surface area contributed by atoms with E-state index in [0.717, 1.165) is 13.1 Å². The second kappa shape index (κ2) is 6.35. The van der Waals surface area contributed by atoms with Gasteiger partial charge in [0.2, 0.25) is 0 Å². The lowest BCUT2D eigenvalue weighted by Crippen LogP contribution is -2.36. The van der Waals surface area contributed by atoms with Crippen LogP contribution < -0.4 is 5.32 Å². The average Bonchev–Trinajstić information content (AvgIpc) is 2.38. The molecule has 0 radical (unpaired) electrons. The smallest absolute Gasteiger partial charge is 0.0323 e. The summed E-state index contributed by atoms with van der Waals surface area (Å²) in [5.74, 6) is 0. The van der Waals surface area contributed by atoms with Gasteiger partial charge >= 0.3 is 0 Å². The molecule has 0 fully saturated rings. The Kier molecular flexibility index (Phi) is 4.79. The Morgan fingerprint density at radius 1 is 1.33 bits per heavy atom. The summed E-state index contributed by atoms with van der Waals surface area (Å²) in [6.45, 7) is 6.69. The van der Waals surface area contributed by atoms with Gasteiger partial charge in [-0.05, 0) is 51.3 Å². The lowest BCUT2D eigenvalue weighted by Gasteiger charge is -2.28. The topological polar surface area (TPSA) is 15.3 Å². The van der Waals surface area contributed by atoms with Crippen LogP contribution in [0.2, 0.25) is 0 Å². The predicted molar refractivity (Wildman–Crippen MR) is 77.9 cm³/mol. The minimum Gasteiger partial charge on any atom is -0.309 e. The zero-order valence-electron chi connectivity index (χ0n) is 11.9. The average molecular weight is 246 g/mol. The molecular weight excluding hydrogens is 220 g/mol. The molecule has 18 heavy (non-hydrogen) atoms. The molecule has 1 aromatic rings. The van der Waals surface area contributed by atoms with E-state index in [-0.39, 0.29) is 0 Å². The van der Waals surface area contributed by atoms with Crippen molar-refractivity contribution in [2.24, 2.45) is 0 Å². The number of nitrogens with zero attached hydrogens (tertiary/aromatic N) is 1. The zero-order chi connectivity index (χ0) is 13.0. The molecule has 1 N–H and O–H groups in total. The largest absolute Gasteiger partial charge is 0.309 e. The van der Waals surface area contributed by atoms with Gasteiger partial charge in [-0.1, -0.05) is 24.3 Å². The second-order valence-electron chi connectivity index (χ2n) is 5.67. The summed E-state index contributed by atoms with van der Waals surface area (Å²) in [7, 11) is 2.20. The first-order valence-corrected chi connectivity index (χ1v) is 7.20. The van der Waals surface area contributed by atoms with Gasteiger partial charge in [0.1, 0.15) is 0 Å². The van der Waals surface area contributed by atoms with Crippen LogP contribution in [0.15, 0.2) is 24.3 Å². The van der Waals surface area contributed by atoms with Gasteiger partial charge in [0.25, 0.3) is 0 Å². The standard InChI is InChI=1S/C16H26N2/c1-13(2)18(3)12-11-17-16-10-6-8-14-7-4-5-9-15(14)16/h4-5,7,9,13,16-17H,6,8,10-12H2,1-3H3. The van der Waals surface area contributed by atoms with Gasteiger partial charge in [0.05, 0.1) is 0 Å². The first-order chi connectivity index (χ1) is 8.68. The van der Waals surface area contributed by atoms with E-state index in [1.807, 2.05) is 0 Å². The van der Waals surface area contributed by atoms with E-state index < -0.39 is 0 Å². The highest BCUT2D eigenvalue weighted by Crippen LogP contribution is 2.29. The zero-order valence-corrected chi connectivity index (χ0v) is 11.9. The molecule has 0 aromatic heterocycles. The van der Waals surface area contributed by atoms with Gasteiger partial charge in [-0.2, -0.15) is 0 Å². The van der Waals surface area contributed by atoms with Gasteiger partial charge in [-0.25, -0.2) is 0 Å². The Labute approximate surface area is 111 Å². The molecule has 2 heteroatoms. The predicted octanol–water partition coefficient (Wildman–Crippen LogP) is 2.99. The lowest BCUT2D eigenvalue weighted by atomic mass is 9.88. The molecule has 1 unspecified atom stereocenters. The number of nitrogens with one attached hydrogen (secondary N) is 1. The number of benzene rings is 1. The third-order valence-electron chi connectivity index (χ3n) is 4.11. The molecule has 0 saturated carbocycles. The van der Waals surface area contributed by atoms with Crippen LogP contribution in [-0.2, 0) is 6.42 Å². The third-order valence-corrected chi connectivity index (χ3v) is 4.11. The Morgan fingerprint density at radius 3 is 2.89 bits per heavy atom. The Bertz CT molecular complexity index is 373. The monoisotopic (exact) mass is 246 g/mol. The molecule has 0 bridgehead atoms. The Hall–Kier alpha value is -0.860. The summed E-state index contributed by atoms with van der Waals surface area (Å²) in [5, 5.41) is 3.72. The first-order valence-electron chi connectivity index (χ1n) is 7.20. The molecule has 1 aliphatic carbocycles. The van der Waals surface area contributed by atoms with E-state index in [1.165, 1.54) is 24.8 Å². The van der Waals surface area contributed by atoms with Crippen LogP contribution in [0.25, 0.3) is 0 Å². The summed E-state index contributed by atoms with van der Waals surface area (Å²) in [4.78, 5) is 2.39. The van der Waals surface area contributed by atoms with Gasteiger partial charge in [0, 0.05) is 25.2 Å². The summed E-state index contributed by atoms with van der Waals surface area (Å²) < 4.78 is 0. The Balaban J connectivity index is 1.88. The lowest BCUT2D eigenvalue weighted by molar-refractivity contribution is 0.266. The quantitative estimate of drug-likeness (QED) is 0.859. The fourth-order valence-corrected chi connectivity index (χ4v) is 2.64. The van der Waals surface area contributed by atoms with E-state index in [2.05, 4.69) is 55.4 Å². The third kappa shape index (κ3) is 3.33. The van der Waals surface area contributed by atoms with Crippen molar-refractivity contribution in [3.63, 3.8) is 0 Å². The van der Waals surface area contributed by atoms with Crippen molar-refractivity contribution in [2.45, 2.75) is 45.2 Å². The maximum Gasteiger partial charge on any atom is 0.0323 e. The molecule has 0 amide bonds. The highest BCUT2D eigenvalue weighted by Gasteiger charge is 2.18. The van der Waals surface area contributed by atoms with Crippen LogP contribution >= 0.6 is 0 Å². The van der Waals surface area contributed by atoms with Crippen LogP contribution in [-0.4, -0.2) is 31.1 Å². The van der Waals surface area contributed by atoms with Crippen molar-refractivity contribution in [3.05, 3.63) is 35.4 Å². The van der Waals surface area contributed by atoms with Crippen molar-refractivity contribution >= 4 is 0 Å². The highest BCUT2D eigenvalue weighted by molar-refractivity contribution is 5.32. The molecule has 0 saturated heterocycles. The van der Waals surface area contributed by atoms with Crippen molar-refractivity contribution < 1.29 is 0 Å². The molecule has 0 aliphatic heterocycles. The van der Waals surface area contributed by atoms with Crippen LogP contribution in [0.4, 0.5) is 0 Å². The van der Waals surface area contributed by atoms with Gasteiger partial charge in [-0.3, -0.25) is 0 Å². The number of aryl methyl sites for hydroxylation is 1. The molecule has 0 spiro atoms. The fraction of sp³-hybridized carbons (Fsp3) is 0.625. The SMILES string of the molecule is CC(C)N(C)CCNC1CCCc2ccccc21. The van der Waals surface area contributed by atoms with Crippen molar-refractivity contribution in [1.29, 1.82) is 0 Å². The second-order valence-corrected chi connectivity index (χ2v) is 5.67. The van der Waals surface area contributed by atoms with Crippen molar-refractivity contribution in [1.82, 2.24) is 10.2 Å². The van der Waals surface area contributed by atoms with Gasteiger partial charge in [0.15, 0.2) is 0 Å². The van der Waals surface area contributed by atoms with E-state index in [0.29, 0.717) is 12.1 Å². The minimum absolute atomic E-state index is 0.565.